The Bertz CT molecular complexity index is 647. The van der Waals surface area contributed by atoms with Gasteiger partial charge in [0.25, 0.3) is 0 Å². The van der Waals surface area contributed by atoms with Crippen LogP contribution in [0.5, 0.6) is 0 Å². The molecule has 0 saturated heterocycles. The molecule has 1 N–H and O–H groups in total. The molecule has 0 aromatic heterocycles. The summed E-state index contributed by atoms with van der Waals surface area (Å²) < 4.78 is 24.3. The van der Waals surface area contributed by atoms with Gasteiger partial charge in [0.15, 0.2) is 5.78 Å². The van der Waals surface area contributed by atoms with E-state index in [9.17, 15) is 9.36 Å². The monoisotopic (exact) mass is 365 g/mol. The first-order chi connectivity index (χ1) is 12.0. The molecule has 0 saturated carbocycles. The maximum Gasteiger partial charge on any atom is 0.357 e. The van der Waals surface area contributed by atoms with Crippen LogP contribution in [0.25, 0.3) is 0 Å². The van der Waals surface area contributed by atoms with Crippen LogP contribution in [0.3, 0.4) is 0 Å². The molecular formula is C19H28NO4P. The van der Waals surface area contributed by atoms with E-state index in [0.717, 1.165) is 42.4 Å². The number of hydrogen-bond donors (Lipinski definition) is 1. The summed E-state index contributed by atoms with van der Waals surface area (Å²) in [6, 6.07) is 9.24. The average Bonchev–Trinajstić information content (AvgIpc) is 2.61. The largest absolute Gasteiger partial charge is 0.357 e. The maximum absolute atomic E-state index is 13.3. The van der Waals surface area contributed by atoms with E-state index in [-0.39, 0.29) is 19.1 Å². The Kier molecular flexibility index (Phi) is 7.42. The fourth-order valence-electron chi connectivity index (χ4n) is 3.10. The first-order valence-electron chi connectivity index (χ1n) is 8.95. The first-order valence-corrected chi connectivity index (χ1v) is 10.6. The molecule has 0 spiro atoms. The highest BCUT2D eigenvalue weighted by Crippen LogP contribution is 2.59. The lowest BCUT2D eigenvalue weighted by Gasteiger charge is -2.28. The Hall–Kier alpha value is -1.42. The lowest BCUT2D eigenvalue weighted by molar-refractivity contribution is -0.118. The first kappa shape index (κ1) is 19.9. The second kappa shape index (κ2) is 9.33. The van der Waals surface area contributed by atoms with Gasteiger partial charge < -0.3 is 14.4 Å². The normalized spacial score (nSPS) is 16.6. The number of nitrogens with one attached hydrogen (secondary N) is 1. The predicted molar refractivity (Wildman–Crippen MR) is 99.4 cm³/mol. The van der Waals surface area contributed by atoms with E-state index in [1.165, 1.54) is 0 Å². The minimum atomic E-state index is -3.53. The quantitative estimate of drug-likeness (QED) is 0.662. The minimum Gasteiger partial charge on any atom is -0.335 e. The second-order valence-electron chi connectivity index (χ2n) is 6.13. The fraction of sp³-hybridized carbons (Fsp3) is 0.526. The van der Waals surface area contributed by atoms with Gasteiger partial charge in [-0.3, -0.25) is 9.36 Å². The molecule has 0 bridgehead atoms. The topological polar surface area (TPSA) is 64.6 Å². The molecule has 1 amide bonds. The molecule has 0 radical (unpaired) electrons. The van der Waals surface area contributed by atoms with E-state index in [0.29, 0.717) is 0 Å². The zero-order chi connectivity index (χ0) is 18.3. The number of amides is 1. The molecule has 5 nitrogen and oxygen atoms in total. The number of hydrogen-bond acceptors (Lipinski definition) is 4. The van der Waals surface area contributed by atoms with E-state index < -0.39 is 13.4 Å². The Labute approximate surface area is 150 Å². The van der Waals surface area contributed by atoms with Crippen LogP contribution in [0.1, 0.15) is 57.8 Å². The van der Waals surface area contributed by atoms with Gasteiger partial charge in [-0.1, -0.05) is 35.9 Å². The van der Waals surface area contributed by atoms with Gasteiger partial charge in [-0.15, -0.1) is 0 Å². The summed E-state index contributed by atoms with van der Waals surface area (Å²) in [6.45, 7) is 6.03. The maximum atomic E-state index is 13.3. The third-order valence-electron chi connectivity index (χ3n) is 4.34. The molecule has 2 rings (SSSR count). The van der Waals surface area contributed by atoms with Gasteiger partial charge in [-0.05, 0) is 52.0 Å². The highest BCUT2D eigenvalue weighted by Gasteiger charge is 2.38. The van der Waals surface area contributed by atoms with Gasteiger partial charge in [-0.25, -0.2) is 0 Å². The van der Waals surface area contributed by atoms with Crippen molar-refractivity contribution in [2.24, 2.45) is 0 Å². The summed E-state index contributed by atoms with van der Waals surface area (Å²) in [4.78, 5) is 12.8. The number of rotatable bonds is 8. The van der Waals surface area contributed by atoms with Crippen molar-refractivity contribution in [1.82, 2.24) is 5.32 Å². The van der Waals surface area contributed by atoms with E-state index in [1.807, 2.05) is 37.3 Å². The van der Waals surface area contributed by atoms with Crippen molar-refractivity contribution in [3.8, 4) is 0 Å². The highest BCUT2D eigenvalue weighted by atomic mass is 31.2. The SMILES string of the molecule is CCOP(=O)(OCC)C(NC(=O)C1=C(C)CCCC1)c1ccccc1. The molecule has 6 heteroatoms. The van der Waals surface area contributed by atoms with E-state index in [2.05, 4.69) is 5.32 Å². The molecule has 1 unspecified atom stereocenters. The van der Waals surface area contributed by atoms with Crippen molar-refractivity contribution in [3.05, 3.63) is 47.0 Å². The van der Waals surface area contributed by atoms with Gasteiger partial charge in [-0.2, -0.15) is 0 Å². The molecule has 0 aliphatic heterocycles. The second-order valence-corrected chi connectivity index (χ2v) is 8.24. The van der Waals surface area contributed by atoms with Crippen molar-refractivity contribution in [2.45, 2.75) is 52.2 Å². The predicted octanol–water partition coefficient (Wildman–Crippen LogP) is 4.96. The molecule has 1 aliphatic carbocycles. The molecule has 0 heterocycles. The van der Waals surface area contributed by atoms with Crippen LogP contribution in [0.4, 0.5) is 0 Å². The molecular weight excluding hydrogens is 337 g/mol. The zero-order valence-corrected chi connectivity index (χ0v) is 16.2. The van der Waals surface area contributed by atoms with Crippen molar-refractivity contribution >= 4 is 13.5 Å². The van der Waals surface area contributed by atoms with Crippen molar-refractivity contribution < 1.29 is 18.4 Å². The van der Waals surface area contributed by atoms with Crippen LogP contribution in [-0.4, -0.2) is 19.1 Å². The van der Waals surface area contributed by atoms with Crippen LogP contribution in [0.15, 0.2) is 41.5 Å². The van der Waals surface area contributed by atoms with Gasteiger partial charge in [0, 0.05) is 5.57 Å². The van der Waals surface area contributed by atoms with Crippen LogP contribution in [0, 0.1) is 0 Å². The van der Waals surface area contributed by atoms with E-state index in [1.54, 1.807) is 13.8 Å². The highest BCUT2D eigenvalue weighted by molar-refractivity contribution is 7.54. The Morgan fingerprint density at radius 1 is 1.12 bits per heavy atom. The summed E-state index contributed by atoms with van der Waals surface area (Å²) in [6.07, 6.45) is 3.81. The number of benzene rings is 1. The Morgan fingerprint density at radius 2 is 1.72 bits per heavy atom. The van der Waals surface area contributed by atoms with Gasteiger partial charge in [0.1, 0.15) is 0 Å². The standard InChI is InChI=1S/C19H28NO4P/c1-4-23-25(22,24-5-2)19(16-12-7-6-8-13-16)20-18(21)17-14-10-9-11-15(17)3/h6-8,12-13,19H,4-5,9-11,14H2,1-3H3,(H,20,21). The minimum absolute atomic E-state index is 0.175. The molecule has 1 aliphatic rings. The smallest absolute Gasteiger partial charge is 0.335 e. The third kappa shape index (κ3) is 5.04. The molecule has 1 aromatic rings. The summed E-state index contributed by atoms with van der Waals surface area (Å²) >= 11 is 0. The van der Waals surface area contributed by atoms with Crippen LogP contribution >= 0.6 is 7.60 Å². The fourth-order valence-corrected chi connectivity index (χ4v) is 5.01. The molecule has 1 aromatic carbocycles. The Balaban J connectivity index is 2.35. The molecule has 0 fully saturated rings. The summed E-state index contributed by atoms with van der Waals surface area (Å²) in [5.41, 5.74) is 2.63. The van der Waals surface area contributed by atoms with Crippen LogP contribution < -0.4 is 5.32 Å². The lowest BCUT2D eigenvalue weighted by Crippen LogP contribution is -2.32. The average molecular weight is 365 g/mol. The molecule has 1 atom stereocenters. The summed E-state index contributed by atoms with van der Waals surface area (Å²) in [7, 11) is -3.53. The van der Waals surface area contributed by atoms with E-state index in [4.69, 9.17) is 9.05 Å². The number of carbonyl (C=O) groups is 1. The molecule has 25 heavy (non-hydrogen) atoms. The van der Waals surface area contributed by atoms with Crippen LogP contribution in [0.2, 0.25) is 0 Å². The third-order valence-corrected chi connectivity index (χ3v) is 6.63. The zero-order valence-electron chi connectivity index (χ0n) is 15.3. The summed E-state index contributed by atoms with van der Waals surface area (Å²) in [5.74, 6) is -0.992. The molecule has 138 valence electrons. The van der Waals surface area contributed by atoms with Crippen molar-refractivity contribution in [3.63, 3.8) is 0 Å². The van der Waals surface area contributed by atoms with E-state index >= 15 is 0 Å². The van der Waals surface area contributed by atoms with Crippen LogP contribution in [-0.2, 0) is 18.4 Å². The number of allylic oxidation sites excluding steroid dienone is 1. The Morgan fingerprint density at radius 3 is 2.28 bits per heavy atom. The van der Waals surface area contributed by atoms with Crippen molar-refractivity contribution in [1.29, 1.82) is 0 Å². The van der Waals surface area contributed by atoms with Gasteiger partial charge in [0.05, 0.1) is 13.2 Å². The van der Waals surface area contributed by atoms with Gasteiger partial charge >= 0.3 is 7.60 Å². The lowest BCUT2D eigenvalue weighted by atomic mass is 9.92. The van der Waals surface area contributed by atoms with Crippen molar-refractivity contribution in [2.75, 3.05) is 13.2 Å². The van der Waals surface area contributed by atoms with Gasteiger partial charge in [0.2, 0.25) is 5.91 Å². The summed E-state index contributed by atoms with van der Waals surface area (Å²) in [5, 5.41) is 2.93. The number of carbonyl (C=O) groups excluding carboxylic acids is 1.